The van der Waals surface area contributed by atoms with E-state index in [2.05, 4.69) is 20.2 Å². The normalized spacial score (nSPS) is 18.0. The summed E-state index contributed by atoms with van der Waals surface area (Å²) in [6.45, 7) is 6.32. The number of nitrogens with zero attached hydrogens (tertiary/aromatic N) is 5. The summed E-state index contributed by atoms with van der Waals surface area (Å²) in [6.07, 6.45) is 1.20. The van der Waals surface area contributed by atoms with Gasteiger partial charge in [0.1, 0.15) is 17.6 Å². The molecular formula is C25H30N6O5. The highest BCUT2D eigenvalue weighted by Crippen LogP contribution is 2.43. The minimum atomic E-state index is -0.448. The molecule has 36 heavy (non-hydrogen) atoms. The summed E-state index contributed by atoms with van der Waals surface area (Å²) < 4.78 is 17.3. The van der Waals surface area contributed by atoms with E-state index in [0.717, 1.165) is 24.5 Å². The Morgan fingerprint density at radius 2 is 2.08 bits per heavy atom. The van der Waals surface area contributed by atoms with Gasteiger partial charge >= 0.3 is 0 Å². The van der Waals surface area contributed by atoms with E-state index in [0.29, 0.717) is 67.3 Å². The fraction of sp³-hybridized carbons (Fsp3) is 0.440. The maximum absolute atomic E-state index is 13.0. The van der Waals surface area contributed by atoms with Crippen molar-refractivity contribution < 1.29 is 24.1 Å². The summed E-state index contributed by atoms with van der Waals surface area (Å²) >= 11 is 0. The first-order chi connectivity index (χ1) is 17.6. The Labute approximate surface area is 209 Å². The van der Waals surface area contributed by atoms with Crippen molar-refractivity contribution in [2.75, 3.05) is 59.7 Å². The van der Waals surface area contributed by atoms with Gasteiger partial charge in [-0.15, -0.1) is 0 Å². The number of aromatic nitrogens is 1. The third-order valence-electron chi connectivity index (χ3n) is 6.39. The van der Waals surface area contributed by atoms with E-state index in [1.165, 1.54) is 0 Å². The number of aliphatic imine (C=N–C) groups is 2. The monoisotopic (exact) mass is 494 g/mol. The lowest BCUT2D eigenvalue weighted by molar-refractivity contribution is 0.00798. The van der Waals surface area contributed by atoms with Crippen LogP contribution in [0.2, 0.25) is 0 Å². The van der Waals surface area contributed by atoms with Crippen LogP contribution in [0.5, 0.6) is 11.5 Å². The van der Waals surface area contributed by atoms with Crippen LogP contribution in [0.1, 0.15) is 21.6 Å². The van der Waals surface area contributed by atoms with Gasteiger partial charge < -0.3 is 19.3 Å². The van der Waals surface area contributed by atoms with Crippen LogP contribution in [-0.2, 0) is 4.74 Å². The zero-order valence-electron chi connectivity index (χ0n) is 20.4. The number of hydrogen-bond acceptors (Lipinski definition) is 10. The molecule has 0 bridgehead atoms. The van der Waals surface area contributed by atoms with Crippen LogP contribution < -0.4 is 14.8 Å². The Hall–Kier alpha value is -3.54. The first-order valence-electron chi connectivity index (χ1n) is 12.0. The number of hydrogen-bond donors (Lipinski definition) is 2. The molecule has 2 N–H and O–H groups in total. The molecule has 3 aliphatic rings. The second kappa shape index (κ2) is 10.6. The second-order valence-corrected chi connectivity index (χ2v) is 8.71. The number of benzene rings is 1. The molecule has 0 radical (unpaired) electrons. The predicted octanol–water partition coefficient (Wildman–Crippen LogP) is 0.964. The lowest BCUT2D eigenvalue weighted by atomic mass is 10.1. The van der Waals surface area contributed by atoms with Gasteiger partial charge in [-0.1, -0.05) is 0 Å². The van der Waals surface area contributed by atoms with Crippen LogP contribution in [-0.4, -0.2) is 103 Å². The van der Waals surface area contributed by atoms with Gasteiger partial charge in [0.15, 0.2) is 11.5 Å². The number of pyridine rings is 1. The number of methoxy groups -OCH3 is 1. The quantitative estimate of drug-likeness (QED) is 0.584. The largest absolute Gasteiger partial charge is 0.491 e. The Kier molecular flexibility index (Phi) is 7.12. The Balaban J connectivity index is 1.45. The van der Waals surface area contributed by atoms with Gasteiger partial charge in [-0.2, -0.15) is 0 Å². The van der Waals surface area contributed by atoms with Gasteiger partial charge in [0, 0.05) is 43.6 Å². The van der Waals surface area contributed by atoms with E-state index in [9.17, 15) is 9.90 Å². The third-order valence-corrected chi connectivity index (χ3v) is 6.39. The molecule has 1 saturated heterocycles. The summed E-state index contributed by atoms with van der Waals surface area (Å²) in [7, 11) is 1.55. The number of guanidine groups is 1. The molecule has 190 valence electrons. The van der Waals surface area contributed by atoms with Gasteiger partial charge in [0.05, 0.1) is 39.0 Å². The van der Waals surface area contributed by atoms with Crippen LogP contribution in [0.3, 0.4) is 0 Å². The standard InChI is InChI=1S/C25H30N6O5/c1-16-18(4-3-7-26-16)24(33)29-25-28-21-19(23-27-8-9-31(23)25)5-6-20(22(21)34-2)36-17(15-32)14-30-10-12-35-13-11-30/h3-7,17,32H,8-15H2,1-2H3,(H,28,29,33). The minimum Gasteiger partial charge on any atom is -0.491 e. The molecule has 1 amide bonds. The van der Waals surface area contributed by atoms with Crippen molar-refractivity contribution in [1.82, 2.24) is 20.1 Å². The summed E-state index contributed by atoms with van der Waals surface area (Å²) in [4.78, 5) is 30.8. The van der Waals surface area contributed by atoms with Crippen LogP contribution in [0.25, 0.3) is 0 Å². The van der Waals surface area contributed by atoms with Gasteiger partial charge in [-0.3, -0.25) is 29.9 Å². The molecule has 1 atom stereocenters. The zero-order valence-corrected chi connectivity index (χ0v) is 20.4. The first-order valence-corrected chi connectivity index (χ1v) is 12.0. The lowest BCUT2D eigenvalue weighted by Crippen LogP contribution is -2.47. The molecule has 11 nitrogen and oxygen atoms in total. The van der Waals surface area contributed by atoms with Crippen molar-refractivity contribution in [2.45, 2.75) is 13.0 Å². The van der Waals surface area contributed by atoms with E-state index in [4.69, 9.17) is 19.2 Å². The smallest absolute Gasteiger partial charge is 0.259 e. The molecule has 11 heteroatoms. The van der Waals surface area contributed by atoms with Gasteiger partial charge in [0.25, 0.3) is 5.91 Å². The SMILES string of the molecule is COc1c(OC(CO)CN2CCOCC2)ccc2c1N=C(NC(=O)c1cccnc1C)N1CCN=C21. The van der Waals surface area contributed by atoms with Gasteiger partial charge in [-0.05, 0) is 31.2 Å². The van der Waals surface area contributed by atoms with E-state index in [1.807, 2.05) is 17.0 Å². The highest BCUT2D eigenvalue weighted by atomic mass is 16.5. The maximum atomic E-state index is 13.0. The van der Waals surface area contributed by atoms with Crippen molar-refractivity contribution in [3.63, 3.8) is 0 Å². The van der Waals surface area contributed by atoms with Crippen molar-refractivity contribution in [3.8, 4) is 11.5 Å². The predicted molar refractivity (Wildman–Crippen MR) is 133 cm³/mol. The topological polar surface area (TPSA) is 121 Å². The number of aliphatic hydroxyl groups is 1. The van der Waals surface area contributed by atoms with Crippen molar-refractivity contribution in [2.24, 2.45) is 9.98 Å². The third kappa shape index (κ3) is 4.77. The number of amides is 1. The molecule has 1 unspecified atom stereocenters. The number of amidine groups is 1. The zero-order chi connectivity index (χ0) is 25.1. The average molecular weight is 495 g/mol. The molecule has 1 aromatic heterocycles. The fourth-order valence-corrected chi connectivity index (χ4v) is 4.56. The van der Waals surface area contributed by atoms with Crippen LogP contribution >= 0.6 is 0 Å². The van der Waals surface area contributed by atoms with Gasteiger partial charge in [-0.25, -0.2) is 4.99 Å². The molecule has 0 aliphatic carbocycles. The highest BCUT2D eigenvalue weighted by molar-refractivity contribution is 6.20. The average Bonchev–Trinajstić information content (AvgIpc) is 3.39. The molecule has 3 aliphatic heterocycles. The second-order valence-electron chi connectivity index (χ2n) is 8.71. The fourth-order valence-electron chi connectivity index (χ4n) is 4.56. The molecule has 0 saturated carbocycles. The maximum Gasteiger partial charge on any atom is 0.259 e. The molecule has 5 rings (SSSR count). The summed E-state index contributed by atoms with van der Waals surface area (Å²) in [5.41, 5.74) is 2.42. The summed E-state index contributed by atoms with van der Waals surface area (Å²) in [6, 6.07) is 7.16. The van der Waals surface area contributed by atoms with Crippen LogP contribution in [0, 0.1) is 6.92 Å². The number of aryl methyl sites for hydroxylation is 1. The first kappa shape index (κ1) is 24.2. The van der Waals surface area contributed by atoms with E-state index >= 15 is 0 Å². The molecule has 2 aromatic rings. The molecular weight excluding hydrogens is 464 g/mol. The van der Waals surface area contributed by atoms with Crippen molar-refractivity contribution >= 4 is 23.4 Å². The molecule has 1 fully saturated rings. The minimum absolute atomic E-state index is 0.146. The molecule has 1 aromatic carbocycles. The molecule has 0 spiro atoms. The number of nitrogens with one attached hydrogen (secondary N) is 1. The van der Waals surface area contributed by atoms with Crippen LogP contribution in [0.15, 0.2) is 40.4 Å². The Morgan fingerprint density at radius 3 is 2.83 bits per heavy atom. The van der Waals surface area contributed by atoms with Crippen LogP contribution in [0.4, 0.5) is 5.69 Å². The number of carbonyl (C=O) groups excluding carboxylic acids is 1. The van der Waals surface area contributed by atoms with E-state index in [1.54, 1.807) is 32.4 Å². The number of fused-ring (bicyclic) bond motifs is 3. The van der Waals surface area contributed by atoms with E-state index < -0.39 is 6.10 Å². The van der Waals surface area contributed by atoms with E-state index in [-0.39, 0.29) is 12.5 Å². The number of rotatable bonds is 7. The number of ether oxygens (including phenoxy) is 3. The van der Waals surface area contributed by atoms with Crippen molar-refractivity contribution in [1.29, 1.82) is 0 Å². The summed E-state index contributed by atoms with van der Waals surface area (Å²) in [5, 5.41) is 12.9. The lowest BCUT2D eigenvalue weighted by Gasteiger charge is -2.31. The highest BCUT2D eigenvalue weighted by Gasteiger charge is 2.34. The Bertz CT molecular complexity index is 1190. The van der Waals surface area contributed by atoms with Gasteiger partial charge in [0.2, 0.25) is 5.96 Å². The number of aliphatic hydroxyl groups excluding tert-OH is 1. The molecule has 4 heterocycles. The Morgan fingerprint density at radius 1 is 1.25 bits per heavy atom. The number of carbonyl (C=O) groups is 1. The van der Waals surface area contributed by atoms with Crippen molar-refractivity contribution in [3.05, 3.63) is 47.3 Å². The number of morpholine rings is 1. The summed E-state index contributed by atoms with van der Waals surface area (Å²) in [5.74, 6) is 1.68.